The summed E-state index contributed by atoms with van der Waals surface area (Å²) in [5.41, 5.74) is 7.58. The van der Waals surface area contributed by atoms with Gasteiger partial charge in [0.25, 0.3) is 0 Å². The summed E-state index contributed by atoms with van der Waals surface area (Å²) in [6.45, 7) is 1.85. The molecule has 5 heavy (non-hydrogen) atoms. The van der Waals surface area contributed by atoms with Crippen LogP contribution in [0.25, 0.3) is 5.53 Å². The lowest BCUT2D eigenvalue weighted by molar-refractivity contribution is 0.00126. The number of hydrogen-bond acceptors (Lipinski definition) is 0. The van der Waals surface area contributed by atoms with E-state index in [4.69, 9.17) is 5.53 Å². The van der Waals surface area contributed by atoms with Crippen molar-refractivity contribution in [2.75, 3.05) is 0 Å². The SMILES string of the molecule is CC[C]=[N+]=[N-]. The topological polar surface area (TPSA) is 36.4 Å². The van der Waals surface area contributed by atoms with Gasteiger partial charge in [-0.05, 0) is 0 Å². The minimum atomic E-state index is 0.677. The van der Waals surface area contributed by atoms with E-state index in [1.165, 1.54) is 0 Å². The van der Waals surface area contributed by atoms with Crippen LogP contribution in [0.2, 0.25) is 0 Å². The maximum absolute atomic E-state index is 7.58. The molecule has 0 amide bonds. The summed E-state index contributed by atoms with van der Waals surface area (Å²) < 4.78 is 0. The van der Waals surface area contributed by atoms with E-state index in [0.717, 1.165) is 0 Å². The molecule has 0 N–H and O–H groups in total. The highest BCUT2D eigenvalue weighted by Gasteiger charge is 1.67. The van der Waals surface area contributed by atoms with Gasteiger partial charge in [0.2, 0.25) is 0 Å². The number of rotatable bonds is 1. The van der Waals surface area contributed by atoms with Gasteiger partial charge in [-0.15, -0.1) is 0 Å². The normalized spacial score (nSPS) is 5.80. The van der Waals surface area contributed by atoms with Crippen molar-refractivity contribution in [3.05, 3.63) is 5.53 Å². The second-order valence-corrected chi connectivity index (χ2v) is 0.612. The highest BCUT2D eigenvalue weighted by molar-refractivity contribution is 5.49. The van der Waals surface area contributed by atoms with E-state index in [-0.39, 0.29) is 0 Å². The second kappa shape index (κ2) is 3.38. The van der Waals surface area contributed by atoms with Gasteiger partial charge >= 0.3 is 6.21 Å². The Balaban J connectivity index is 2.93. The predicted molar refractivity (Wildman–Crippen MR) is 18.9 cm³/mol. The van der Waals surface area contributed by atoms with Crippen molar-refractivity contribution in [1.82, 2.24) is 0 Å². The van der Waals surface area contributed by atoms with E-state index in [2.05, 4.69) is 11.0 Å². The average molecular weight is 69.1 g/mol. The first-order chi connectivity index (χ1) is 2.41. The molecule has 0 saturated carbocycles. The van der Waals surface area contributed by atoms with Crippen LogP contribution in [0.4, 0.5) is 0 Å². The van der Waals surface area contributed by atoms with Crippen LogP contribution >= 0.6 is 0 Å². The third kappa shape index (κ3) is 3.38. The lowest BCUT2D eigenvalue weighted by atomic mass is 10.6. The van der Waals surface area contributed by atoms with E-state index >= 15 is 0 Å². The molecule has 2 nitrogen and oxygen atoms in total. The Morgan fingerprint density at radius 1 is 2.00 bits per heavy atom. The lowest BCUT2D eigenvalue weighted by Gasteiger charge is -1.46. The Labute approximate surface area is 31.1 Å². The molecule has 0 aromatic carbocycles. The Kier molecular flexibility index (Phi) is 2.96. The molecule has 1 radical (unpaired) electrons. The third-order valence-electron chi connectivity index (χ3n) is 0.229. The molecule has 0 heterocycles. The van der Waals surface area contributed by atoms with Gasteiger partial charge < -0.3 is 5.53 Å². The summed E-state index contributed by atoms with van der Waals surface area (Å²) in [6.07, 6.45) is 2.97. The molecule has 2 heteroatoms. The summed E-state index contributed by atoms with van der Waals surface area (Å²) >= 11 is 0. The van der Waals surface area contributed by atoms with Crippen molar-refractivity contribution in [2.45, 2.75) is 13.3 Å². The molecule has 0 aliphatic rings. The largest absolute Gasteiger partial charge is 0.374 e. The van der Waals surface area contributed by atoms with Gasteiger partial charge in [0.1, 0.15) is 0 Å². The van der Waals surface area contributed by atoms with Gasteiger partial charge in [-0.3, -0.25) is 0 Å². The monoisotopic (exact) mass is 69.0 g/mol. The van der Waals surface area contributed by atoms with Gasteiger partial charge in [0.05, 0.1) is 6.42 Å². The highest BCUT2D eigenvalue weighted by Crippen LogP contribution is 1.54. The zero-order valence-electron chi connectivity index (χ0n) is 3.10. The smallest absolute Gasteiger partial charge is 0.361 e. The summed E-state index contributed by atoms with van der Waals surface area (Å²) in [5.74, 6) is 0. The van der Waals surface area contributed by atoms with Crippen LogP contribution in [0, 0.1) is 0 Å². The van der Waals surface area contributed by atoms with Crippen molar-refractivity contribution < 1.29 is 4.79 Å². The van der Waals surface area contributed by atoms with E-state index < -0.39 is 0 Å². The van der Waals surface area contributed by atoms with E-state index in [0.29, 0.717) is 6.42 Å². The quantitative estimate of drug-likeness (QED) is 0.245. The molecule has 0 aliphatic heterocycles. The van der Waals surface area contributed by atoms with Crippen LogP contribution in [0.15, 0.2) is 0 Å². The third-order valence-corrected chi connectivity index (χ3v) is 0.229. The Hall–Kier alpha value is -0.620. The molecular formula is C3H5N2. The van der Waals surface area contributed by atoms with Crippen LogP contribution in [-0.4, -0.2) is 11.0 Å². The summed E-state index contributed by atoms with van der Waals surface area (Å²) in [4.78, 5) is 2.60. The molecule has 0 atom stereocenters. The molecular weight excluding hydrogens is 64.0 g/mol. The van der Waals surface area contributed by atoms with Crippen LogP contribution in [-0.2, 0) is 0 Å². The molecule has 0 rings (SSSR count). The van der Waals surface area contributed by atoms with Gasteiger partial charge in [0, 0.05) is 0 Å². The summed E-state index contributed by atoms with van der Waals surface area (Å²) in [6, 6.07) is 0. The molecule has 0 aromatic rings. The maximum Gasteiger partial charge on any atom is 0.374 e. The van der Waals surface area contributed by atoms with Crippen LogP contribution in [0.5, 0.6) is 0 Å². The van der Waals surface area contributed by atoms with Crippen molar-refractivity contribution in [2.24, 2.45) is 0 Å². The van der Waals surface area contributed by atoms with Crippen molar-refractivity contribution >= 4 is 6.21 Å². The Bertz CT molecular complexity index is 51.9. The first-order valence-electron chi connectivity index (χ1n) is 1.48. The highest BCUT2D eigenvalue weighted by atomic mass is 14.8. The second-order valence-electron chi connectivity index (χ2n) is 0.612. The Morgan fingerprint density at radius 3 is 2.60 bits per heavy atom. The van der Waals surface area contributed by atoms with Crippen molar-refractivity contribution in [3.63, 3.8) is 0 Å². The molecule has 0 aromatic heterocycles. The minimum Gasteiger partial charge on any atom is -0.361 e. The summed E-state index contributed by atoms with van der Waals surface area (Å²) in [7, 11) is 0. The fourth-order valence-corrected chi connectivity index (χ4v) is 0.0707. The lowest BCUT2D eigenvalue weighted by Crippen LogP contribution is -1.61. The van der Waals surface area contributed by atoms with Gasteiger partial charge in [-0.1, -0.05) is 6.92 Å². The van der Waals surface area contributed by atoms with Gasteiger partial charge in [-0.25, -0.2) is 0 Å². The van der Waals surface area contributed by atoms with E-state index in [1.807, 2.05) is 6.92 Å². The van der Waals surface area contributed by atoms with Crippen LogP contribution in [0.1, 0.15) is 13.3 Å². The van der Waals surface area contributed by atoms with E-state index in [9.17, 15) is 0 Å². The molecule has 0 bridgehead atoms. The molecule has 0 saturated heterocycles. The molecule has 27 valence electrons. The maximum atomic E-state index is 7.58. The molecule has 0 unspecified atom stereocenters. The van der Waals surface area contributed by atoms with Crippen molar-refractivity contribution in [1.29, 1.82) is 0 Å². The fourth-order valence-electron chi connectivity index (χ4n) is 0.0707. The minimum absolute atomic E-state index is 0.677. The molecule has 0 fully saturated rings. The van der Waals surface area contributed by atoms with Crippen molar-refractivity contribution in [3.8, 4) is 0 Å². The Morgan fingerprint density at radius 2 is 2.60 bits per heavy atom. The van der Waals surface area contributed by atoms with Gasteiger partial charge in [-0.2, -0.15) is 4.79 Å². The predicted octanol–water partition coefficient (Wildman–Crippen LogP) is 0.574. The number of hydrogen-bond donors (Lipinski definition) is 0. The van der Waals surface area contributed by atoms with Crippen LogP contribution in [0.3, 0.4) is 0 Å². The fraction of sp³-hybridized carbons (Fsp3) is 0.667. The number of nitrogens with zero attached hydrogens (tertiary/aromatic N) is 2. The molecule has 0 spiro atoms. The van der Waals surface area contributed by atoms with E-state index in [1.54, 1.807) is 0 Å². The standard InChI is InChI=1S/C3H5N2/c1-2-3-5-4/h2H2,1H3. The first-order valence-corrected chi connectivity index (χ1v) is 1.48. The average Bonchev–Trinajstić information content (AvgIpc) is 1.41. The zero-order valence-corrected chi connectivity index (χ0v) is 3.10. The van der Waals surface area contributed by atoms with Gasteiger partial charge in [0.15, 0.2) is 0 Å². The van der Waals surface area contributed by atoms with Crippen LogP contribution < -0.4 is 0 Å². The first kappa shape index (κ1) is 4.38. The molecule has 0 aliphatic carbocycles. The summed E-state index contributed by atoms with van der Waals surface area (Å²) in [5, 5.41) is 0. The zero-order chi connectivity index (χ0) is 4.12.